The van der Waals surface area contributed by atoms with Crippen molar-refractivity contribution < 1.29 is 19.1 Å². The molecule has 0 radical (unpaired) electrons. The van der Waals surface area contributed by atoms with E-state index in [1.807, 2.05) is 36.4 Å². The maximum Gasteiger partial charge on any atom is 0.323 e. The first-order chi connectivity index (χ1) is 15.2. The molecule has 1 aliphatic rings. The van der Waals surface area contributed by atoms with Crippen molar-refractivity contribution in [1.82, 2.24) is 0 Å². The van der Waals surface area contributed by atoms with Crippen LogP contribution in [-0.2, 0) is 4.79 Å². The van der Waals surface area contributed by atoms with Gasteiger partial charge in [0, 0.05) is 23.1 Å². The molecule has 156 valence electrons. The minimum atomic E-state index is -0.342. The summed E-state index contributed by atoms with van der Waals surface area (Å²) in [5, 5.41) is 8.27. The van der Waals surface area contributed by atoms with E-state index in [0.717, 1.165) is 5.56 Å². The van der Waals surface area contributed by atoms with E-state index in [2.05, 4.69) is 16.0 Å². The maximum absolute atomic E-state index is 12.2. The van der Waals surface area contributed by atoms with E-state index >= 15 is 0 Å². The third kappa shape index (κ3) is 5.63. The molecule has 0 bridgehead atoms. The van der Waals surface area contributed by atoms with Gasteiger partial charge in [-0.1, -0.05) is 24.3 Å². The summed E-state index contributed by atoms with van der Waals surface area (Å²) < 4.78 is 11.0. The van der Waals surface area contributed by atoms with Crippen molar-refractivity contribution in [1.29, 1.82) is 0 Å². The van der Waals surface area contributed by atoms with Gasteiger partial charge in [-0.25, -0.2) is 4.79 Å². The normalized spacial score (nSPS) is 12.3. The second-order valence-corrected chi connectivity index (χ2v) is 6.75. The number of hydrogen-bond acceptors (Lipinski definition) is 4. The van der Waals surface area contributed by atoms with Crippen molar-refractivity contribution in [2.75, 3.05) is 29.2 Å². The van der Waals surface area contributed by atoms with E-state index in [1.165, 1.54) is 6.08 Å². The number of carbonyl (C=O) groups is 2. The fourth-order valence-electron chi connectivity index (χ4n) is 2.97. The van der Waals surface area contributed by atoms with Crippen LogP contribution in [0.5, 0.6) is 11.5 Å². The van der Waals surface area contributed by atoms with E-state index in [9.17, 15) is 9.59 Å². The number of benzene rings is 3. The van der Waals surface area contributed by atoms with Gasteiger partial charge >= 0.3 is 6.03 Å². The summed E-state index contributed by atoms with van der Waals surface area (Å²) in [4.78, 5) is 24.2. The van der Waals surface area contributed by atoms with Gasteiger partial charge in [0.15, 0.2) is 11.5 Å². The van der Waals surface area contributed by atoms with E-state index in [0.29, 0.717) is 41.8 Å². The summed E-state index contributed by atoms with van der Waals surface area (Å²) in [7, 11) is 0. The standard InChI is InChI=1S/C24H21N3O4/c28-23(13-7-17-6-12-21-22(16-17)31-15-14-30-21)25-19-8-10-20(11-9-19)27-24(29)26-18-4-2-1-3-5-18/h1-13,16H,14-15H2,(H,25,28)(H2,26,27,29)/b13-7+. The lowest BCUT2D eigenvalue weighted by molar-refractivity contribution is -0.111. The Morgan fingerprint density at radius 3 is 2.03 bits per heavy atom. The first-order valence-electron chi connectivity index (χ1n) is 9.77. The van der Waals surface area contributed by atoms with Crippen LogP contribution in [0.1, 0.15) is 5.56 Å². The Morgan fingerprint density at radius 1 is 0.710 bits per heavy atom. The second kappa shape index (κ2) is 9.49. The maximum atomic E-state index is 12.2. The molecule has 31 heavy (non-hydrogen) atoms. The second-order valence-electron chi connectivity index (χ2n) is 6.75. The molecule has 3 amide bonds. The lowest BCUT2D eigenvalue weighted by Crippen LogP contribution is -2.19. The summed E-state index contributed by atoms with van der Waals surface area (Å²) in [5.41, 5.74) is 2.76. The first kappa shape index (κ1) is 20.0. The Labute approximate surface area is 179 Å². The quantitative estimate of drug-likeness (QED) is 0.525. The largest absolute Gasteiger partial charge is 0.486 e. The summed E-state index contributed by atoms with van der Waals surface area (Å²) in [6.45, 7) is 1.05. The number of hydrogen-bond donors (Lipinski definition) is 3. The Kier molecular flexibility index (Phi) is 6.13. The molecule has 0 aliphatic carbocycles. The Morgan fingerprint density at radius 2 is 1.32 bits per heavy atom. The highest BCUT2D eigenvalue weighted by molar-refractivity contribution is 6.02. The number of amides is 3. The lowest BCUT2D eigenvalue weighted by atomic mass is 10.2. The van der Waals surface area contributed by atoms with Crippen LogP contribution < -0.4 is 25.4 Å². The molecule has 3 aromatic carbocycles. The molecule has 4 rings (SSSR count). The number of anilines is 3. The van der Waals surface area contributed by atoms with Crippen LogP contribution >= 0.6 is 0 Å². The number of para-hydroxylation sites is 1. The van der Waals surface area contributed by atoms with Crippen LogP contribution in [0.4, 0.5) is 21.9 Å². The number of nitrogens with one attached hydrogen (secondary N) is 3. The van der Waals surface area contributed by atoms with Crippen molar-refractivity contribution >= 4 is 35.1 Å². The minimum absolute atomic E-state index is 0.266. The molecule has 0 saturated heterocycles. The highest BCUT2D eigenvalue weighted by Gasteiger charge is 2.11. The van der Waals surface area contributed by atoms with Crippen LogP contribution in [0.25, 0.3) is 6.08 Å². The number of rotatable bonds is 5. The van der Waals surface area contributed by atoms with Gasteiger partial charge in [-0.3, -0.25) is 4.79 Å². The average Bonchev–Trinajstić information content (AvgIpc) is 2.79. The van der Waals surface area contributed by atoms with Gasteiger partial charge < -0.3 is 25.4 Å². The highest BCUT2D eigenvalue weighted by Crippen LogP contribution is 2.31. The minimum Gasteiger partial charge on any atom is -0.486 e. The van der Waals surface area contributed by atoms with Gasteiger partial charge in [0.05, 0.1) is 0 Å². The molecule has 0 spiro atoms. The summed E-state index contributed by atoms with van der Waals surface area (Å²) in [6.07, 6.45) is 3.16. The zero-order valence-electron chi connectivity index (χ0n) is 16.6. The summed E-state index contributed by atoms with van der Waals surface area (Å²) >= 11 is 0. The Bertz CT molecular complexity index is 1100. The molecule has 3 aromatic rings. The SMILES string of the molecule is O=C(/C=C/c1ccc2c(c1)OCCO2)Nc1ccc(NC(=O)Nc2ccccc2)cc1. The van der Waals surface area contributed by atoms with Crippen LogP contribution in [0.15, 0.2) is 78.9 Å². The van der Waals surface area contributed by atoms with Crippen molar-refractivity contribution in [3.63, 3.8) is 0 Å². The van der Waals surface area contributed by atoms with Gasteiger partial charge in [0.2, 0.25) is 5.91 Å². The van der Waals surface area contributed by atoms with Gasteiger partial charge in [-0.2, -0.15) is 0 Å². The van der Waals surface area contributed by atoms with Crippen LogP contribution in [0.3, 0.4) is 0 Å². The molecule has 0 fully saturated rings. The lowest BCUT2D eigenvalue weighted by Gasteiger charge is -2.18. The summed E-state index contributed by atoms with van der Waals surface area (Å²) in [5.74, 6) is 1.12. The molecule has 0 atom stereocenters. The molecule has 0 saturated carbocycles. The number of fused-ring (bicyclic) bond motifs is 1. The van der Waals surface area contributed by atoms with Crippen LogP contribution in [0.2, 0.25) is 0 Å². The molecule has 0 unspecified atom stereocenters. The molecule has 1 aliphatic heterocycles. The predicted molar refractivity (Wildman–Crippen MR) is 121 cm³/mol. The van der Waals surface area contributed by atoms with Crippen molar-refractivity contribution in [3.05, 3.63) is 84.4 Å². The van der Waals surface area contributed by atoms with Crippen LogP contribution in [-0.4, -0.2) is 25.2 Å². The van der Waals surface area contributed by atoms with Crippen LogP contribution in [0, 0.1) is 0 Å². The monoisotopic (exact) mass is 415 g/mol. The Balaban J connectivity index is 1.29. The van der Waals surface area contributed by atoms with Gasteiger partial charge in [-0.15, -0.1) is 0 Å². The number of urea groups is 1. The van der Waals surface area contributed by atoms with E-state index in [-0.39, 0.29) is 11.9 Å². The molecule has 1 heterocycles. The molecular formula is C24H21N3O4. The third-order valence-corrected chi connectivity index (χ3v) is 4.44. The third-order valence-electron chi connectivity index (χ3n) is 4.44. The number of carbonyl (C=O) groups excluding carboxylic acids is 2. The van der Waals surface area contributed by atoms with Gasteiger partial charge in [0.25, 0.3) is 0 Å². The van der Waals surface area contributed by atoms with Gasteiger partial charge in [-0.05, 0) is 60.2 Å². The summed E-state index contributed by atoms with van der Waals surface area (Å²) in [6, 6.07) is 21.2. The molecular weight excluding hydrogens is 394 g/mol. The van der Waals surface area contributed by atoms with Crippen molar-refractivity contribution in [2.45, 2.75) is 0 Å². The van der Waals surface area contributed by atoms with Crippen molar-refractivity contribution in [3.8, 4) is 11.5 Å². The Hall–Kier alpha value is -4.26. The molecule has 3 N–H and O–H groups in total. The molecule has 7 heteroatoms. The van der Waals surface area contributed by atoms with E-state index < -0.39 is 0 Å². The topological polar surface area (TPSA) is 88.7 Å². The first-order valence-corrected chi connectivity index (χ1v) is 9.77. The van der Waals surface area contributed by atoms with Crippen molar-refractivity contribution in [2.24, 2.45) is 0 Å². The smallest absolute Gasteiger partial charge is 0.323 e. The molecule has 7 nitrogen and oxygen atoms in total. The predicted octanol–water partition coefficient (Wildman–Crippen LogP) is 4.75. The fourth-order valence-corrected chi connectivity index (χ4v) is 2.97. The zero-order chi connectivity index (χ0) is 21.5. The van der Waals surface area contributed by atoms with Gasteiger partial charge in [0.1, 0.15) is 13.2 Å². The van der Waals surface area contributed by atoms with E-state index in [1.54, 1.807) is 42.5 Å². The highest BCUT2D eigenvalue weighted by atomic mass is 16.6. The number of ether oxygens (including phenoxy) is 2. The zero-order valence-corrected chi connectivity index (χ0v) is 16.6. The average molecular weight is 415 g/mol. The molecule has 0 aromatic heterocycles. The van der Waals surface area contributed by atoms with E-state index in [4.69, 9.17) is 9.47 Å². The fraction of sp³-hybridized carbons (Fsp3) is 0.0833.